The van der Waals surface area contributed by atoms with Crippen molar-refractivity contribution in [2.45, 2.75) is 68.9 Å². The first-order chi connectivity index (χ1) is 14.1. The fourth-order valence-electron chi connectivity index (χ4n) is 3.73. The third-order valence-electron chi connectivity index (χ3n) is 4.78. The van der Waals surface area contributed by atoms with Crippen molar-refractivity contribution >= 4 is 39.7 Å². The van der Waals surface area contributed by atoms with Crippen LogP contribution >= 0.6 is 15.9 Å². The van der Waals surface area contributed by atoms with Crippen LogP contribution in [0.15, 0.2) is 0 Å². The monoisotopic (exact) mass is 493 g/mol. The number of nitrogens with two attached hydrogens (primary N) is 1. The number of ether oxygens (including phenoxy) is 4. The van der Waals surface area contributed by atoms with Gasteiger partial charge in [0.25, 0.3) is 0 Å². The highest BCUT2D eigenvalue weighted by molar-refractivity contribution is 9.09. The zero-order valence-corrected chi connectivity index (χ0v) is 18.1. The molecule has 3 aliphatic rings. The van der Waals surface area contributed by atoms with Crippen LogP contribution in [0.3, 0.4) is 0 Å². The molecular weight excluding hydrogens is 470 g/mol. The summed E-state index contributed by atoms with van der Waals surface area (Å²) in [7, 11) is 0. The summed E-state index contributed by atoms with van der Waals surface area (Å²) in [5.74, 6) is -2.13. The molecule has 3 heterocycles. The van der Waals surface area contributed by atoms with Crippen LogP contribution in [0.2, 0.25) is 0 Å². The van der Waals surface area contributed by atoms with Gasteiger partial charge in [0.05, 0.1) is 6.17 Å². The second kappa shape index (κ2) is 9.11. The van der Waals surface area contributed by atoms with Gasteiger partial charge in [0, 0.05) is 20.8 Å². The summed E-state index contributed by atoms with van der Waals surface area (Å²) in [5, 5.41) is 8.06. The fraction of sp³-hybridized carbons (Fsp3) is 0.750. The first-order valence-electron chi connectivity index (χ1n) is 9.21. The van der Waals surface area contributed by atoms with Crippen LogP contribution in [-0.2, 0) is 38.1 Å². The van der Waals surface area contributed by atoms with Gasteiger partial charge in [-0.05, 0) is 0 Å². The minimum absolute atomic E-state index is 0.225. The largest absolute Gasteiger partial charge is 0.463 e. The molecule has 0 bridgehead atoms. The van der Waals surface area contributed by atoms with Crippen molar-refractivity contribution in [2.24, 2.45) is 5.73 Å². The Morgan fingerprint density at radius 3 is 2.33 bits per heavy atom. The Hall–Kier alpha value is -1.84. The molecule has 5 N–H and O–H groups in total. The molecule has 3 aliphatic heterocycles. The SMILES string of the molecule is CC(=O)OC[C@H]1O[C@@H](N2C(Br)NC3C(=O)NC(N)NC32)[C@H](OC(C)=O)[C@@H]1OC(C)=O. The van der Waals surface area contributed by atoms with Crippen molar-refractivity contribution in [3.8, 4) is 0 Å². The smallest absolute Gasteiger partial charge is 0.303 e. The van der Waals surface area contributed by atoms with Gasteiger partial charge >= 0.3 is 17.9 Å². The minimum atomic E-state index is -1.06. The predicted molar refractivity (Wildman–Crippen MR) is 101 cm³/mol. The van der Waals surface area contributed by atoms with E-state index in [0.29, 0.717) is 0 Å². The van der Waals surface area contributed by atoms with E-state index in [1.165, 1.54) is 20.8 Å². The van der Waals surface area contributed by atoms with Crippen molar-refractivity contribution in [3.63, 3.8) is 0 Å². The molecule has 0 aromatic rings. The van der Waals surface area contributed by atoms with Crippen LogP contribution in [0.1, 0.15) is 20.8 Å². The van der Waals surface area contributed by atoms with E-state index >= 15 is 0 Å². The van der Waals surface area contributed by atoms with E-state index in [0.717, 1.165) is 0 Å². The van der Waals surface area contributed by atoms with Crippen LogP contribution < -0.4 is 21.7 Å². The number of nitrogens with one attached hydrogen (secondary N) is 3. The highest BCUT2D eigenvalue weighted by Crippen LogP contribution is 2.35. The van der Waals surface area contributed by atoms with Crippen LogP contribution in [0.5, 0.6) is 0 Å². The number of carbonyl (C=O) groups excluding carboxylic acids is 4. The number of amides is 1. The number of rotatable bonds is 5. The van der Waals surface area contributed by atoms with Gasteiger partial charge in [0.15, 0.2) is 18.4 Å². The first kappa shape index (κ1) is 22.8. The van der Waals surface area contributed by atoms with E-state index in [1.54, 1.807) is 4.90 Å². The molecule has 4 unspecified atom stereocenters. The van der Waals surface area contributed by atoms with Crippen molar-refractivity contribution in [1.29, 1.82) is 0 Å². The molecule has 0 aromatic heterocycles. The van der Waals surface area contributed by atoms with E-state index in [1.807, 2.05) is 0 Å². The van der Waals surface area contributed by atoms with Crippen molar-refractivity contribution in [2.75, 3.05) is 6.61 Å². The molecule has 8 atom stereocenters. The van der Waals surface area contributed by atoms with E-state index in [9.17, 15) is 19.2 Å². The fourth-order valence-corrected chi connectivity index (χ4v) is 4.50. The normalized spacial score (nSPS) is 38.5. The highest BCUT2D eigenvalue weighted by atomic mass is 79.9. The molecular formula is C16H24BrN5O8. The molecule has 168 valence electrons. The van der Waals surface area contributed by atoms with Crippen LogP contribution in [-0.4, -0.2) is 83.4 Å². The molecule has 30 heavy (non-hydrogen) atoms. The summed E-state index contributed by atoms with van der Waals surface area (Å²) in [4.78, 5) is 48.7. The van der Waals surface area contributed by atoms with Gasteiger partial charge in [-0.25, -0.2) is 4.90 Å². The summed E-state index contributed by atoms with van der Waals surface area (Å²) in [6, 6.07) is -0.685. The maximum absolute atomic E-state index is 12.3. The molecule has 3 rings (SSSR count). The zero-order chi connectivity index (χ0) is 22.2. The van der Waals surface area contributed by atoms with E-state index in [4.69, 9.17) is 24.7 Å². The zero-order valence-electron chi connectivity index (χ0n) is 16.5. The van der Waals surface area contributed by atoms with E-state index in [2.05, 4.69) is 31.9 Å². The van der Waals surface area contributed by atoms with Crippen molar-refractivity contribution in [1.82, 2.24) is 20.9 Å². The van der Waals surface area contributed by atoms with Crippen LogP contribution in [0.25, 0.3) is 0 Å². The van der Waals surface area contributed by atoms with Crippen LogP contribution in [0.4, 0.5) is 0 Å². The van der Waals surface area contributed by atoms with E-state index < -0.39 is 66.0 Å². The number of alkyl halides is 1. The van der Waals surface area contributed by atoms with Gasteiger partial charge in [-0.2, -0.15) is 0 Å². The first-order valence-corrected chi connectivity index (χ1v) is 10.1. The van der Waals surface area contributed by atoms with Gasteiger partial charge in [-0.3, -0.25) is 35.5 Å². The Morgan fingerprint density at radius 2 is 1.73 bits per heavy atom. The summed E-state index contributed by atoms with van der Waals surface area (Å²) in [6.07, 6.45) is -5.41. The lowest BCUT2D eigenvalue weighted by molar-refractivity contribution is -0.169. The maximum Gasteiger partial charge on any atom is 0.303 e. The topological polar surface area (TPSA) is 171 Å². The Labute approximate surface area is 180 Å². The number of hydrogen-bond acceptors (Lipinski definition) is 12. The van der Waals surface area contributed by atoms with Gasteiger partial charge in [0.2, 0.25) is 5.91 Å². The molecule has 0 saturated carbocycles. The average Bonchev–Trinajstić information content (AvgIpc) is 3.10. The second-order valence-corrected chi connectivity index (χ2v) is 7.91. The van der Waals surface area contributed by atoms with Crippen LogP contribution in [0, 0.1) is 0 Å². The molecule has 3 fully saturated rings. The number of carbonyl (C=O) groups is 4. The third kappa shape index (κ3) is 4.73. The van der Waals surface area contributed by atoms with Crippen molar-refractivity contribution in [3.05, 3.63) is 0 Å². The molecule has 0 aromatic carbocycles. The minimum Gasteiger partial charge on any atom is -0.463 e. The molecule has 3 saturated heterocycles. The quantitative estimate of drug-likeness (QED) is 0.136. The number of esters is 3. The maximum atomic E-state index is 12.3. The third-order valence-corrected chi connectivity index (χ3v) is 5.52. The molecule has 14 heteroatoms. The lowest BCUT2D eigenvalue weighted by Crippen LogP contribution is -2.71. The average molecular weight is 494 g/mol. The summed E-state index contributed by atoms with van der Waals surface area (Å²) >= 11 is 3.44. The molecule has 0 aliphatic carbocycles. The number of fused-ring (bicyclic) bond motifs is 1. The number of halogens is 1. The summed E-state index contributed by atoms with van der Waals surface area (Å²) in [6.45, 7) is 3.41. The Balaban J connectivity index is 1.91. The highest BCUT2D eigenvalue weighted by Gasteiger charge is 2.58. The summed E-state index contributed by atoms with van der Waals surface area (Å²) in [5.41, 5.74) is 5.84. The summed E-state index contributed by atoms with van der Waals surface area (Å²) < 4.78 is 21.8. The van der Waals surface area contributed by atoms with E-state index in [-0.39, 0.29) is 12.5 Å². The molecule has 1 amide bonds. The lowest BCUT2D eigenvalue weighted by atomic mass is 10.1. The predicted octanol–water partition coefficient (Wildman–Crippen LogP) is -2.62. The Kier molecular flexibility index (Phi) is 6.94. The molecule has 0 spiro atoms. The Bertz CT molecular complexity index is 726. The van der Waals surface area contributed by atoms with Gasteiger partial charge in [-0.1, -0.05) is 15.9 Å². The lowest BCUT2D eigenvalue weighted by Gasteiger charge is -2.39. The van der Waals surface area contributed by atoms with Crippen molar-refractivity contribution < 1.29 is 38.1 Å². The molecule has 0 radical (unpaired) electrons. The molecule has 13 nitrogen and oxygen atoms in total. The number of hydrogen-bond donors (Lipinski definition) is 4. The van der Waals surface area contributed by atoms with Gasteiger partial charge < -0.3 is 24.3 Å². The number of nitrogens with zero attached hydrogens (tertiary/aromatic N) is 1. The van der Waals surface area contributed by atoms with Gasteiger partial charge in [-0.15, -0.1) is 0 Å². The Morgan fingerprint density at radius 1 is 1.10 bits per heavy atom. The van der Waals surface area contributed by atoms with Gasteiger partial charge in [0.1, 0.15) is 30.1 Å². The second-order valence-electron chi connectivity index (χ2n) is 7.04. The standard InChI is InChI=1S/C16H24BrN5O8/c1-5(23)27-4-8-10(28-6(2)24)11(29-7(3)25)14(30-8)22-12-9(19-15(22)17)13(26)21-16(18)20-12/h8-12,14-16,19-20H,4,18H2,1-3H3,(H,21,26)/t8-,9?,10-,11-,12?,14-,15?,16?/m1/s1.